The zero-order valence-electron chi connectivity index (χ0n) is 16.2. The maximum absolute atomic E-state index is 11.1. The fourth-order valence-corrected chi connectivity index (χ4v) is 4.06. The van der Waals surface area contributed by atoms with Gasteiger partial charge in [0.05, 0.1) is 0 Å². The maximum Gasteiger partial charge on any atom is 0.404 e. The number of rotatable bonds is 6. The summed E-state index contributed by atoms with van der Waals surface area (Å²) >= 11 is 0. The average molecular weight is 351 g/mol. The van der Waals surface area contributed by atoms with Crippen LogP contribution in [0.2, 0.25) is 0 Å². The third-order valence-electron chi connectivity index (χ3n) is 5.02. The molecule has 0 spiro atoms. The number of benzene rings is 2. The summed E-state index contributed by atoms with van der Waals surface area (Å²) in [6.07, 6.45) is 1.14. The second-order valence-electron chi connectivity index (χ2n) is 8.28. The zero-order valence-corrected chi connectivity index (χ0v) is 16.2. The topological polar surface area (TPSA) is 49.3 Å². The third kappa shape index (κ3) is 3.92. The van der Waals surface area contributed by atoms with Crippen LogP contribution in [0.5, 0.6) is 0 Å². The SMILES string of the molecule is CC(C)Cc1ccc2c(c1)-c1ccc(CC(C)C)cc1C2CNC(=O)O. The Morgan fingerprint density at radius 2 is 1.54 bits per heavy atom. The van der Waals surface area contributed by atoms with Gasteiger partial charge < -0.3 is 10.4 Å². The molecule has 3 rings (SSSR count). The van der Waals surface area contributed by atoms with E-state index in [1.54, 1.807) is 0 Å². The van der Waals surface area contributed by atoms with Crippen LogP contribution < -0.4 is 5.32 Å². The Kier molecular flexibility index (Phi) is 5.36. The van der Waals surface area contributed by atoms with E-state index in [0.29, 0.717) is 18.4 Å². The second-order valence-corrected chi connectivity index (χ2v) is 8.28. The number of fused-ring (bicyclic) bond motifs is 3. The van der Waals surface area contributed by atoms with E-state index in [1.165, 1.54) is 33.4 Å². The van der Waals surface area contributed by atoms with Gasteiger partial charge in [0, 0.05) is 12.5 Å². The minimum atomic E-state index is -0.963. The van der Waals surface area contributed by atoms with E-state index < -0.39 is 6.09 Å². The van der Waals surface area contributed by atoms with Gasteiger partial charge in [-0.25, -0.2) is 4.79 Å². The van der Waals surface area contributed by atoms with Crippen LogP contribution in [0.25, 0.3) is 11.1 Å². The Morgan fingerprint density at radius 1 is 0.923 bits per heavy atom. The Balaban J connectivity index is 2.03. The van der Waals surface area contributed by atoms with Crippen molar-refractivity contribution in [2.75, 3.05) is 6.54 Å². The van der Waals surface area contributed by atoms with Gasteiger partial charge in [-0.3, -0.25) is 0 Å². The molecular weight excluding hydrogens is 322 g/mol. The number of hydrogen-bond acceptors (Lipinski definition) is 1. The lowest BCUT2D eigenvalue weighted by Crippen LogP contribution is -2.26. The molecule has 0 bridgehead atoms. The van der Waals surface area contributed by atoms with Gasteiger partial charge in [-0.15, -0.1) is 0 Å². The molecule has 0 saturated carbocycles. The van der Waals surface area contributed by atoms with Crippen molar-refractivity contribution in [3.63, 3.8) is 0 Å². The van der Waals surface area contributed by atoms with Crippen LogP contribution in [-0.4, -0.2) is 17.7 Å². The van der Waals surface area contributed by atoms with E-state index >= 15 is 0 Å². The van der Waals surface area contributed by atoms with Crippen LogP contribution in [0, 0.1) is 11.8 Å². The summed E-state index contributed by atoms with van der Waals surface area (Å²) in [5.41, 5.74) is 7.70. The standard InChI is InChI=1S/C23H29NO2/c1-14(2)9-16-6-8-19-20(11-16)18-7-5-17(10-15(3)4)12-21(18)22(19)13-24-23(25)26/h5-8,11-12,14-15,22,24H,9-10,13H2,1-4H3,(H,25,26). The number of amides is 1. The molecule has 1 aliphatic rings. The van der Waals surface area contributed by atoms with E-state index in [1.807, 2.05) is 0 Å². The lowest BCUT2D eigenvalue weighted by molar-refractivity contribution is 0.194. The maximum atomic E-state index is 11.1. The summed E-state index contributed by atoms with van der Waals surface area (Å²) in [6, 6.07) is 13.4. The Morgan fingerprint density at radius 3 is 2.15 bits per heavy atom. The average Bonchev–Trinajstić information content (AvgIpc) is 2.84. The van der Waals surface area contributed by atoms with Crippen molar-refractivity contribution >= 4 is 6.09 Å². The molecule has 0 heterocycles. The first-order valence-electron chi connectivity index (χ1n) is 9.58. The number of nitrogens with one attached hydrogen (secondary N) is 1. The van der Waals surface area contributed by atoms with Gasteiger partial charge in [0.15, 0.2) is 0 Å². The molecule has 138 valence electrons. The minimum Gasteiger partial charge on any atom is -0.465 e. The highest BCUT2D eigenvalue weighted by atomic mass is 16.4. The van der Waals surface area contributed by atoms with Gasteiger partial charge in [-0.1, -0.05) is 64.1 Å². The fourth-order valence-electron chi connectivity index (χ4n) is 4.06. The molecule has 2 aromatic carbocycles. The molecule has 0 aromatic heterocycles. The third-order valence-corrected chi connectivity index (χ3v) is 5.02. The first-order valence-corrected chi connectivity index (χ1v) is 9.58. The van der Waals surface area contributed by atoms with Gasteiger partial charge in [0.25, 0.3) is 0 Å². The zero-order chi connectivity index (χ0) is 18.8. The van der Waals surface area contributed by atoms with Gasteiger partial charge in [0.1, 0.15) is 0 Å². The number of hydrogen-bond donors (Lipinski definition) is 2. The molecule has 1 aliphatic carbocycles. The Hall–Kier alpha value is -2.29. The van der Waals surface area contributed by atoms with E-state index in [0.717, 1.165) is 12.8 Å². The van der Waals surface area contributed by atoms with Crippen molar-refractivity contribution in [1.29, 1.82) is 0 Å². The lowest BCUT2D eigenvalue weighted by Gasteiger charge is -2.15. The summed E-state index contributed by atoms with van der Waals surface area (Å²) in [6.45, 7) is 9.34. The van der Waals surface area contributed by atoms with Crippen LogP contribution in [0.4, 0.5) is 4.79 Å². The van der Waals surface area contributed by atoms with E-state index in [-0.39, 0.29) is 5.92 Å². The second kappa shape index (κ2) is 7.53. The van der Waals surface area contributed by atoms with Crippen molar-refractivity contribution in [3.05, 3.63) is 58.7 Å². The Bertz CT molecular complexity index is 808. The van der Waals surface area contributed by atoms with Gasteiger partial charge in [-0.2, -0.15) is 0 Å². The van der Waals surface area contributed by atoms with Crippen molar-refractivity contribution in [1.82, 2.24) is 5.32 Å². The first kappa shape index (κ1) is 18.5. The van der Waals surface area contributed by atoms with Crippen LogP contribution in [0.15, 0.2) is 36.4 Å². The minimum absolute atomic E-state index is 0.0938. The normalized spacial score (nSPS) is 15.2. The van der Waals surface area contributed by atoms with E-state index in [4.69, 9.17) is 5.11 Å². The number of carbonyl (C=O) groups is 1. The molecule has 1 unspecified atom stereocenters. The van der Waals surface area contributed by atoms with Crippen LogP contribution in [0.1, 0.15) is 55.9 Å². The molecule has 0 fully saturated rings. The summed E-state index contributed by atoms with van der Waals surface area (Å²) in [5, 5.41) is 11.7. The summed E-state index contributed by atoms with van der Waals surface area (Å²) in [4.78, 5) is 11.1. The molecular formula is C23H29NO2. The van der Waals surface area contributed by atoms with Crippen molar-refractivity contribution in [2.24, 2.45) is 11.8 Å². The molecule has 26 heavy (non-hydrogen) atoms. The van der Waals surface area contributed by atoms with Crippen molar-refractivity contribution in [3.8, 4) is 11.1 Å². The van der Waals surface area contributed by atoms with Gasteiger partial charge in [-0.05, 0) is 58.1 Å². The lowest BCUT2D eigenvalue weighted by atomic mass is 9.93. The Labute approximate surface area is 156 Å². The van der Waals surface area contributed by atoms with Crippen molar-refractivity contribution in [2.45, 2.75) is 46.5 Å². The van der Waals surface area contributed by atoms with Crippen LogP contribution in [0.3, 0.4) is 0 Å². The molecule has 0 aliphatic heterocycles. The molecule has 3 nitrogen and oxygen atoms in total. The summed E-state index contributed by atoms with van der Waals surface area (Å²) in [7, 11) is 0. The highest BCUT2D eigenvalue weighted by Gasteiger charge is 2.29. The fraction of sp³-hybridized carbons (Fsp3) is 0.435. The van der Waals surface area contributed by atoms with E-state index in [9.17, 15) is 4.79 Å². The van der Waals surface area contributed by atoms with Crippen molar-refractivity contribution < 1.29 is 9.90 Å². The quantitative estimate of drug-likeness (QED) is 0.725. The molecule has 1 amide bonds. The first-order chi connectivity index (χ1) is 12.3. The summed E-state index contributed by atoms with van der Waals surface area (Å²) in [5.74, 6) is 1.31. The predicted octanol–water partition coefficient (Wildman–Crippen LogP) is 5.46. The molecule has 2 N–H and O–H groups in total. The molecule has 1 atom stereocenters. The highest BCUT2D eigenvalue weighted by molar-refractivity contribution is 5.80. The highest BCUT2D eigenvalue weighted by Crippen LogP contribution is 2.45. The van der Waals surface area contributed by atoms with Crippen LogP contribution in [-0.2, 0) is 12.8 Å². The molecule has 3 heteroatoms. The number of carboxylic acid groups (broad SMARTS) is 1. The molecule has 0 saturated heterocycles. The van der Waals surface area contributed by atoms with E-state index in [2.05, 4.69) is 69.4 Å². The van der Waals surface area contributed by atoms with Crippen LogP contribution >= 0.6 is 0 Å². The largest absolute Gasteiger partial charge is 0.465 e. The van der Waals surface area contributed by atoms with Gasteiger partial charge >= 0.3 is 6.09 Å². The molecule has 0 radical (unpaired) electrons. The monoisotopic (exact) mass is 351 g/mol. The molecule has 2 aromatic rings. The van der Waals surface area contributed by atoms with Gasteiger partial charge in [0.2, 0.25) is 0 Å². The summed E-state index contributed by atoms with van der Waals surface area (Å²) < 4.78 is 0. The smallest absolute Gasteiger partial charge is 0.404 e. The predicted molar refractivity (Wildman–Crippen MR) is 107 cm³/mol.